The molecule has 0 aromatic heterocycles. The molecule has 24 heavy (non-hydrogen) atoms. The zero-order valence-corrected chi connectivity index (χ0v) is 14.6. The zero-order chi connectivity index (χ0) is 17.9. The van der Waals surface area contributed by atoms with Crippen molar-refractivity contribution in [2.45, 2.75) is 46.5 Å². The fourth-order valence-electron chi connectivity index (χ4n) is 2.00. The van der Waals surface area contributed by atoms with Crippen LogP contribution in [-0.2, 0) is 14.4 Å². The normalized spacial score (nSPS) is 10.3. The average Bonchev–Trinajstić information content (AvgIpc) is 2.52. The first-order chi connectivity index (χ1) is 11.4. The Kier molecular flexibility index (Phi) is 8.54. The van der Waals surface area contributed by atoms with Crippen molar-refractivity contribution in [1.29, 1.82) is 0 Å². The molecule has 0 bridgehead atoms. The van der Waals surface area contributed by atoms with E-state index in [-0.39, 0.29) is 23.6 Å². The summed E-state index contributed by atoms with van der Waals surface area (Å²) in [6.45, 7) is 5.81. The molecule has 6 heteroatoms. The lowest BCUT2D eigenvalue weighted by atomic mass is 10.1. The molecular formula is C18H27N3O3. The van der Waals surface area contributed by atoms with Crippen LogP contribution in [0.15, 0.2) is 24.3 Å². The van der Waals surface area contributed by atoms with E-state index in [9.17, 15) is 14.4 Å². The van der Waals surface area contributed by atoms with Crippen LogP contribution in [0.3, 0.4) is 0 Å². The quantitative estimate of drug-likeness (QED) is 0.607. The molecule has 0 atom stereocenters. The van der Waals surface area contributed by atoms with Crippen LogP contribution in [0.1, 0.15) is 46.5 Å². The van der Waals surface area contributed by atoms with Gasteiger partial charge in [0.05, 0.1) is 0 Å². The number of rotatable bonds is 9. The van der Waals surface area contributed by atoms with E-state index < -0.39 is 0 Å². The van der Waals surface area contributed by atoms with Crippen molar-refractivity contribution in [2.24, 2.45) is 5.92 Å². The van der Waals surface area contributed by atoms with E-state index in [1.54, 1.807) is 24.3 Å². The highest BCUT2D eigenvalue weighted by Gasteiger charge is 2.07. The SMILES string of the molecule is CC(=O)NCCCCCC(=O)Nc1ccc(NC(=O)C(C)C)cc1. The Labute approximate surface area is 143 Å². The van der Waals surface area contributed by atoms with E-state index in [0.717, 1.165) is 19.3 Å². The monoisotopic (exact) mass is 333 g/mol. The average molecular weight is 333 g/mol. The first-order valence-electron chi connectivity index (χ1n) is 8.33. The van der Waals surface area contributed by atoms with Crippen molar-refractivity contribution < 1.29 is 14.4 Å². The second-order valence-electron chi connectivity index (χ2n) is 6.06. The summed E-state index contributed by atoms with van der Waals surface area (Å²) in [7, 11) is 0. The molecule has 0 radical (unpaired) electrons. The third-order valence-electron chi connectivity index (χ3n) is 3.42. The molecule has 0 saturated heterocycles. The predicted molar refractivity (Wildman–Crippen MR) is 95.7 cm³/mol. The van der Waals surface area contributed by atoms with Gasteiger partial charge in [-0.25, -0.2) is 0 Å². The maximum Gasteiger partial charge on any atom is 0.226 e. The largest absolute Gasteiger partial charge is 0.356 e. The molecule has 0 fully saturated rings. The van der Waals surface area contributed by atoms with Crippen molar-refractivity contribution in [3.8, 4) is 0 Å². The smallest absolute Gasteiger partial charge is 0.226 e. The zero-order valence-electron chi connectivity index (χ0n) is 14.6. The lowest BCUT2D eigenvalue weighted by Crippen LogP contribution is -2.20. The molecule has 0 unspecified atom stereocenters. The number of carbonyl (C=O) groups is 3. The molecular weight excluding hydrogens is 306 g/mol. The summed E-state index contributed by atoms with van der Waals surface area (Å²) in [5.41, 5.74) is 1.42. The summed E-state index contributed by atoms with van der Waals surface area (Å²) in [6.07, 6.45) is 3.00. The van der Waals surface area contributed by atoms with Crippen molar-refractivity contribution >= 4 is 29.1 Å². The van der Waals surface area contributed by atoms with Crippen LogP contribution in [0.25, 0.3) is 0 Å². The number of anilines is 2. The molecule has 0 spiro atoms. The van der Waals surface area contributed by atoms with E-state index >= 15 is 0 Å². The first kappa shape index (κ1) is 19.7. The molecule has 1 rings (SSSR count). The highest BCUT2D eigenvalue weighted by Crippen LogP contribution is 2.15. The standard InChI is InChI=1S/C18H27N3O3/c1-13(2)18(24)21-16-10-8-15(9-11-16)20-17(23)7-5-4-6-12-19-14(3)22/h8-11,13H,4-7,12H2,1-3H3,(H,19,22)(H,20,23)(H,21,24). The van der Waals surface area contributed by atoms with Gasteiger partial charge in [0.15, 0.2) is 0 Å². The van der Waals surface area contributed by atoms with Crippen molar-refractivity contribution in [3.05, 3.63) is 24.3 Å². The van der Waals surface area contributed by atoms with Gasteiger partial charge in [0.25, 0.3) is 0 Å². The molecule has 132 valence electrons. The summed E-state index contributed by atoms with van der Waals surface area (Å²) in [5, 5.41) is 8.36. The van der Waals surface area contributed by atoms with Gasteiger partial charge >= 0.3 is 0 Å². The van der Waals surface area contributed by atoms with E-state index in [1.807, 2.05) is 13.8 Å². The Morgan fingerprint density at radius 2 is 1.50 bits per heavy atom. The minimum absolute atomic E-state index is 0.0271. The summed E-state index contributed by atoms with van der Waals surface area (Å²) in [6, 6.07) is 7.07. The Hall–Kier alpha value is -2.37. The van der Waals surface area contributed by atoms with Gasteiger partial charge in [-0.15, -0.1) is 0 Å². The number of nitrogens with one attached hydrogen (secondary N) is 3. The first-order valence-corrected chi connectivity index (χ1v) is 8.33. The maximum atomic E-state index is 11.9. The topological polar surface area (TPSA) is 87.3 Å². The maximum absolute atomic E-state index is 11.9. The summed E-state index contributed by atoms with van der Waals surface area (Å²) < 4.78 is 0. The van der Waals surface area contributed by atoms with Gasteiger partial charge in [-0.3, -0.25) is 14.4 Å². The highest BCUT2D eigenvalue weighted by molar-refractivity contribution is 5.93. The fraction of sp³-hybridized carbons (Fsp3) is 0.500. The van der Waals surface area contributed by atoms with E-state index in [1.165, 1.54) is 6.92 Å². The van der Waals surface area contributed by atoms with Crippen LogP contribution in [-0.4, -0.2) is 24.3 Å². The lowest BCUT2D eigenvalue weighted by molar-refractivity contribution is -0.119. The molecule has 1 aromatic rings. The lowest BCUT2D eigenvalue weighted by Gasteiger charge is -2.09. The summed E-state index contributed by atoms with van der Waals surface area (Å²) in [4.78, 5) is 34.2. The van der Waals surface area contributed by atoms with Crippen LogP contribution in [0, 0.1) is 5.92 Å². The molecule has 0 aliphatic heterocycles. The van der Waals surface area contributed by atoms with Crippen LogP contribution in [0.5, 0.6) is 0 Å². The molecule has 0 saturated carbocycles. The Morgan fingerprint density at radius 3 is 2.04 bits per heavy atom. The number of benzene rings is 1. The van der Waals surface area contributed by atoms with Crippen LogP contribution >= 0.6 is 0 Å². The minimum atomic E-state index is -0.0741. The number of hydrogen-bond donors (Lipinski definition) is 3. The van der Waals surface area contributed by atoms with Gasteiger partial charge in [0.2, 0.25) is 17.7 Å². The molecule has 6 nitrogen and oxygen atoms in total. The van der Waals surface area contributed by atoms with E-state index in [0.29, 0.717) is 24.3 Å². The van der Waals surface area contributed by atoms with Crippen molar-refractivity contribution in [2.75, 3.05) is 17.2 Å². The number of unbranched alkanes of at least 4 members (excludes halogenated alkanes) is 2. The molecule has 0 aliphatic carbocycles. The minimum Gasteiger partial charge on any atom is -0.356 e. The van der Waals surface area contributed by atoms with Gasteiger partial charge in [-0.05, 0) is 37.1 Å². The van der Waals surface area contributed by atoms with Crippen LogP contribution < -0.4 is 16.0 Å². The van der Waals surface area contributed by atoms with Crippen molar-refractivity contribution in [1.82, 2.24) is 5.32 Å². The Morgan fingerprint density at radius 1 is 0.917 bits per heavy atom. The summed E-state index contributed by atoms with van der Waals surface area (Å²) >= 11 is 0. The molecule has 3 N–H and O–H groups in total. The fourth-order valence-corrected chi connectivity index (χ4v) is 2.00. The number of hydrogen-bond acceptors (Lipinski definition) is 3. The van der Waals surface area contributed by atoms with Crippen LogP contribution in [0.2, 0.25) is 0 Å². The Balaban J connectivity index is 2.27. The molecule has 3 amide bonds. The van der Waals surface area contributed by atoms with Gasteiger partial charge in [0.1, 0.15) is 0 Å². The van der Waals surface area contributed by atoms with Crippen molar-refractivity contribution in [3.63, 3.8) is 0 Å². The third kappa shape index (κ3) is 8.31. The predicted octanol–water partition coefficient (Wildman–Crippen LogP) is 2.92. The van der Waals surface area contributed by atoms with Gasteiger partial charge in [-0.1, -0.05) is 20.3 Å². The Bertz CT molecular complexity index is 553. The number of carbonyl (C=O) groups excluding carboxylic acids is 3. The highest BCUT2D eigenvalue weighted by atomic mass is 16.2. The third-order valence-corrected chi connectivity index (χ3v) is 3.42. The second kappa shape index (κ2) is 10.4. The second-order valence-corrected chi connectivity index (χ2v) is 6.06. The van der Waals surface area contributed by atoms with Gasteiger partial charge < -0.3 is 16.0 Å². The molecule has 0 heterocycles. The summed E-state index contributed by atoms with van der Waals surface area (Å²) in [5.74, 6) is -0.171. The van der Waals surface area contributed by atoms with Crippen LogP contribution in [0.4, 0.5) is 11.4 Å². The molecule has 0 aliphatic rings. The van der Waals surface area contributed by atoms with Gasteiger partial charge in [0, 0.05) is 37.2 Å². The molecule has 1 aromatic carbocycles. The van der Waals surface area contributed by atoms with E-state index in [4.69, 9.17) is 0 Å². The number of amides is 3. The van der Waals surface area contributed by atoms with Gasteiger partial charge in [-0.2, -0.15) is 0 Å². The van der Waals surface area contributed by atoms with E-state index in [2.05, 4.69) is 16.0 Å².